The summed E-state index contributed by atoms with van der Waals surface area (Å²) in [5.41, 5.74) is 9.59. The van der Waals surface area contributed by atoms with Crippen LogP contribution in [0, 0.1) is 6.92 Å². The van der Waals surface area contributed by atoms with Crippen molar-refractivity contribution in [2.24, 2.45) is 0 Å². The predicted octanol–water partition coefficient (Wildman–Crippen LogP) is 3.00. The first-order chi connectivity index (χ1) is 8.72. The summed E-state index contributed by atoms with van der Waals surface area (Å²) >= 11 is 1.48. The highest BCUT2D eigenvalue weighted by Crippen LogP contribution is 2.27. The van der Waals surface area contributed by atoms with Gasteiger partial charge in [-0.05, 0) is 42.4 Å². The molecule has 5 heteroatoms. The van der Waals surface area contributed by atoms with Crippen molar-refractivity contribution < 1.29 is 0 Å². The maximum Gasteiger partial charge on any atom is 0.172 e. The Morgan fingerprint density at radius 3 is 2.89 bits per heavy atom. The summed E-state index contributed by atoms with van der Waals surface area (Å²) in [6.07, 6.45) is 1.78. The second kappa shape index (κ2) is 4.34. The molecule has 0 radical (unpaired) electrons. The molecule has 0 aliphatic heterocycles. The molecule has 2 heterocycles. The minimum atomic E-state index is 0.753. The summed E-state index contributed by atoms with van der Waals surface area (Å²) in [5, 5.41) is 1.67. The number of aromatic nitrogens is 3. The number of hydrogen-bond acceptors (Lipinski definition) is 4. The third kappa shape index (κ3) is 2.04. The molecule has 0 unspecified atom stereocenters. The smallest absolute Gasteiger partial charge is 0.172 e. The fourth-order valence-electron chi connectivity index (χ4n) is 1.65. The van der Waals surface area contributed by atoms with Crippen molar-refractivity contribution in [1.82, 2.24) is 15.0 Å². The lowest BCUT2D eigenvalue weighted by molar-refractivity contribution is 1.05. The van der Waals surface area contributed by atoms with Crippen LogP contribution in [0.1, 0.15) is 5.56 Å². The van der Waals surface area contributed by atoms with Crippen LogP contribution in [-0.4, -0.2) is 15.0 Å². The Hall–Kier alpha value is -2.01. The Labute approximate surface area is 109 Å². The molecular formula is C13H12N4S. The number of nitrogens with one attached hydrogen (secondary N) is 1. The first-order valence-corrected chi connectivity index (χ1v) is 6.39. The molecule has 0 saturated heterocycles. The fraction of sp³-hybridized carbons (Fsp3) is 0.0769. The lowest BCUT2D eigenvalue weighted by atomic mass is 10.3. The van der Waals surface area contributed by atoms with Crippen molar-refractivity contribution in [2.45, 2.75) is 17.1 Å². The van der Waals surface area contributed by atoms with Gasteiger partial charge in [-0.25, -0.2) is 9.97 Å². The number of para-hydroxylation sites is 2. The minimum absolute atomic E-state index is 0.753. The molecule has 4 nitrogen and oxygen atoms in total. The highest BCUT2D eigenvalue weighted by Gasteiger charge is 2.06. The van der Waals surface area contributed by atoms with E-state index < -0.39 is 0 Å². The Balaban J connectivity index is 1.93. The van der Waals surface area contributed by atoms with E-state index in [2.05, 4.69) is 15.0 Å². The predicted molar refractivity (Wildman–Crippen MR) is 73.6 cm³/mol. The SMILES string of the molecule is Cc1cnc(Sc2nc3ccccc3[nH]2)cc1N. The molecule has 0 amide bonds. The molecule has 90 valence electrons. The second-order valence-electron chi connectivity index (χ2n) is 4.04. The first-order valence-electron chi connectivity index (χ1n) is 5.57. The van der Waals surface area contributed by atoms with Crippen LogP contribution in [0.2, 0.25) is 0 Å². The van der Waals surface area contributed by atoms with Gasteiger partial charge in [0.15, 0.2) is 5.16 Å². The first kappa shape index (κ1) is 11.1. The molecule has 2 aromatic heterocycles. The maximum atomic E-state index is 5.87. The number of nitrogens with two attached hydrogens (primary N) is 1. The lowest BCUT2D eigenvalue weighted by Gasteiger charge is -2.01. The van der Waals surface area contributed by atoms with E-state index >= 15 is 0 Å². The highest BCUT2D eigenvalue weighted by atomic mass is 32.2. The fourth-order valence-corrected chi connectivity index (χ4v) is 2.45. The minimum Gasteiger partial charge on any atom is -0.398 e. The number of aryl methyl sites for hydroxylation is 1. The molecule has 3 rings (SSSR count). The van der Waals surface area contributed by atoms with Gasteiger partial charge in [0.2, 0.25) is 0 Å². The molecule has 0 fully saturated rings. The van der Waals surface area contributed by atoms with Crippen LogP contribution in [0.4, 0.5) is 5.69 Å². The Morgan fingerprint density at radius 2 is 2.11 bits per heavy atom. The van der Waals surface area contributed by atoms with Gasteiger partial charge < -0.3 is 10.7 Å². The van der Waals surface area contributed by atoms with Crippen LogP contribution in [0.3, 0.4) is 0 Å². The average Bonchev–Trinajstić information content (AvgIpc) is 2.76. The Morgan fingerprint density at radius 1 is 1.28 bits per heavy atom. The quantitative estimate of drug-likeness (QED) is 0.739. The van der Waals surface area contributed by atoms with Crippen LogP contribution in [0.5, 0.6) is 0 Å². The van der Waals surface area contributed by atoms with Crippen molar-refractivity contribution in [3.63, 3.8) is 0 Å². The van der Waals surface area contributed by atoms with Crippen molar-refractivity contribution in [3.8, 4) is 0 Å². The van der Waals surface area contributed by atoms with Crippen molar-refractivity contribution in [1.29, 1.82) is 0 Å². The highest BCUT2D eigenvalue weighted by molar-refractivity contribution is 7.99. The molecule has 3 N–H and O–H groups in total. The van der Waals surface area contributed by atoms with E-state index in [-0.39, 0.29) is 0 Å². The molecule has 0 bridgehead atoms. The zero-order valence-electron chi connectivity index (χ0n) is 9.84. The molecule has 0 aliphatic rings. The summed E-state index contributed by atoms with van der Waals surface area (Å²) < 4.78 is 0. The lowest BCUT2D eigenvalue weighted by Crippen LogP contribution is -1.91. The van der Waals surface area contributed by atoms with Crippen LogP contribution in [-0.2, 0) is 0 Å². The molecule has 18 heavy (non-hydrogen) atoms. The van der Waals surface area contributed by atoms with Crippen LogP contribution < -0.4 is 5.73 Å². The standard InChI is InChI=1S/C13H12N4S/c1-8-7-15-12(6-9(8)14)18-13-16-10-4-2-3-5-11(10)17-13/h2-7H,1H3,(H2,14,15)(H,16,17). The van der Waals surface area contributed by atoms with E-state index in [1.165, 1.54) is 11.8 Å². The summed E-state index contributed by atoms with van der Waals surface area (Å²) in [4.78, 5) is 12.1. The van der Waals surface area contributed by atoms with E-state index in [1.807, 2.05) is 37.3 Å². The number of nitrogen functional groups attached to an aromatic ring is 1. The Kier molecular flexibility index (Phi) is 2.68. The van der Waals surface area contributed by atoms with Gasteiger partial charge in [-0.15, -0.1) is 0 Å². The molecule has 0 saturated carbocycles. The van der Waals surface area contributed by atoms with E-state index in [0.29, 0.717) is 0 Å². The van der Waals surface area contributed by atoms with Crippen LogP contribution in [0.25, 0.3) is 11.0 Å². The van der Waals surface area contributed by atoms with Crippen molar-refractivity contribution in [3.05, 3.63) is 42.1 Å². The van der Waals surface area contributed by atoms with E-state index in [4.69, 9.17) is 5.73 Å². The van der Waals surface area contributed by atoms with Gasteiger partial charge in [-0.2, -0.15) is 0 Å². The van der Waals surface area contributed by atoms with Gasteiger partial charge >= 0.3 is 0 Å². The summed E-state index contributed by atoms with van der Waals surface area (Å²) in [7, 11) is 0. The summed E-state index contributed by atoms with van der Waals surface area (Å²) in [6.45, 7) is 1.94. The normalized spacial score (nSPS) is 10.9. The summed E-state index contributed by atoms with van der Waals surface area (Å²) in [5.74, 6) is 0. The van der Waals surface area contributed by atoms with E-state index in [9.17, 15) is 0 Å². The third-order valence-corrected chi connectivity index (χ3v) is 3.51. The van der Waals surface area contributed by atoms with E-state index in [0.717, 1.165) is 32.5 Å². The number of benzene rings is 1. The largest absolute Gasteiger partial charge is 0.398 e. The summed E-state index contributed by atoms with van der Waals surface area (Å²) in [6, 6.07) is 9.81. The van der Waals surface area contributed by atoms with E-state index in [1.54, 1.807) is 6.20 Å². The van der Waals surface area contributed by atoms with Crippen molar-refractivity contribution in [2.75, 3.05) is 5.73 Å². The van der Waals surface area contributed by atoms with Crippen LogP contribution in [0.15, 0.2) is 46.7 Å². The molecule has 0 atom stereocenters. The second-order valence-corrected chi connectivity index (χ2v) is 5.05. The van der Waals surface area contributed by atoms with Crippen molar-refractivity contribution >= 4 is 28.5 Å². The monoisotopic (exact) mass is 256 g/mol. The number of anilines is 1. The number of pyridine rings is 1. The number of fused-ring (bicyclic) bond motifs is 1. The number of H-pyrrole nitrogens is 1. The average molecular weight is 256 g/mol. The third-order valence-electron chi connectivity index (χ3n) is 2.69. The Bertz CT molecular complexity index is 672. The zero-order valence-corrected chi connectivity index (χ0v) is 10.7. The van der Waals surface area contributed by atoms with Gasteiger partial charge in [-0.1, -0.05) is 12.1 Å². The van der Waals surface area contributed by atoms with Gasteiger partial charge in [-0.3, -0.25) is 0 Å². The van der Waals surface area contributed by atoms with Crippen LogP contribution >= 0.6 is 11.8 Å². The van der Waals surface area contributed by atoms with Gasteiger partial charge in [0.05, 0.1) is 11.0 Å². The number of hydrogen-bond donors (Lipinski definition) is 2. The van der Waals surface area contributed by atoms with Gasteiger partial charge in [0.1, 0.15) is 5.03 Å². The topological polar surface area (TPSA) is 67.6 Å². The number of nitrogens with zero attached hydrogens (tertiary/aromatic N) is 2. The number of aromatic amines is 1. The zero-order chi connectivity index (χ0) is 12.5. The molecule has 0 spiro atoms. The maximum absolute atomic E-state index is 5.87. The molecule has 1 aromatic carbocycles. The number of imidazole rings is 1. The molecular weight excluding hydrogens is 244 g/mol. The number of rotatable bonds is 2. The molecule has 0 aliphatic carbocycles. The van der Waals surface area contributed by atoms with Gasteiger partial charge in [0, 0.05) is 11.9 Å². The van der Waals surface area contributed by atoms with Gasteiger partial charge in [0.25, 0.3) is 0 Å². The molecule has 3 aromatic rings.